The Kier molecular flexibility index (Phi) is 43.9. The van der Waals surface area contributed by atoms with E-state index in [-0.39, 0.29) is 36.2 Å². The molecule has 0 spiro atoms. The van der Waals surface area contributed by atoms with Crippen LogP contribution in [0.4, 0.5) is 0 Å². The quantitative estimate of drug-likeness (QED) is 0.0281. The van der Waals surface area contributed by atoms with E-state index in [1.807, 2.05) is 21.1 Å². The number of unbranched alkanes of at least 4 members (excludes halogenated alkanes) is 25. The van der Waals surface area contributed by atoms with Crippen molar-refractivity contribution in [2.75, 3.05) is 41.0 Å². The van der Waals surface area contributed by atoms with E-state index < -0.39 is 18.1 Å². The molecule has 0 radical (unpaired) electrons. The summed E-state index contributed by atoms with van der Waals surface area (Å²) in [6, 6.07) is -0.616. The lowest BCUT2D eigenvalue weighted by atomic mass is 10.0. The molecule has 0 bridgehead atoms. The molecule has 0 saturated carbocycles. The van der Waals surface area contributed by atoms with Gasteiger partial charge in [-0.3, -0.25) is 9.59 Å². The van der Waals surface area contributed by atoms with Crippen molar-refractivity contribution < 1.29 is 38.2 Å². The fourth-order valence-corrected chi connectivity index (χ4v) is 7.69. The number of hydrogen-bond donors (Lipinski definition) is 1. The second-order valence-corrected chi connectivity index (χ2v) is 18.7. The fourth-order valence-electron chi connectivity index (χ4n) is 7.69. The van der Waals surface area contributed by atoms with Gasteiger partial charge in [-0.1, -0.05) is 191 Å². The summed E-state index contributed by atoms with van der Waals surface area (Å²) in [4.78, 5) is 37.2. The number of allylic oxidation sites excluding steroid dienone is 8. The Balaban J connectivity index is 4.19. The summed E-state index contributed by atoms with van der Waals surface area (Å²) in [5.41, 5.74) is 0. The normalized spacial score (nSPS) is 13.2. The first-order chi connectivity index (χ1) is 30.6. The Morgan fingerprint density at radius 3 is 1.33 bits per heavy atom. The molecule has 63 heavy (non-hydrogen) atoms. The minimum absolute atomic E-state index is 0.0537. The molecule has 0 aromatic rings. The maximum absolute atomic E-state index is 12.8. The molecule has 0 heterocycles. The van der Waals surface area contributed by atoms with Gasteiger partial charge in [-0.05, 0) is 70.6 Å². The summed E-state index contributed by atoms with van der Waals surface area (Å²) >= 11 is 0. The van der Waals surface area contributed by atoms with E-state index in [2.05, 4.69) is 62.5 Å². The smallest absolute Gasteiger partial charge is 0.362 e. The predicted molar refractivity (Wildman–Crippen MR) is 266 cm³/mol. The lowest BCUT2D eigenvalue weighted by molar-refractivity contribution is -0.887. The minimum atomic E-state index is -0.875. The standard InChI is InChI=1S/C55H99NO7/c1-6-8-10-12-14-16-18-20-22-24-25-26-27-28-29-30-32-33-35-37-39-41-43-45-53(57)62-50-51(49-61-48-47-52(55(59)60)56(3,4)5)63-54(58)46-44-42-40-38-36-34-31-23-21-19-17-15-13-11-9-7-2/h8,10,14,16,20,22-23,31,51-52H,6-7,9,11-13,15,17-19,21,24-30,32-50H2,1-5H3/p+1/b10-8+,16-14+,22-20+,31-23+. The Hall–Kier alpha value is -2.71. The Morgan fingerprint density at radius 1 is 0.492 bits per heavy atom. The van der Waals surface area contributed by atoms with Crippen LogP contribution >= 0.6 is 0 Å². The van der Waals surface area contributed by atoms with Crippen LogP contribution in [-0.2, 0) is 28.6 Å². The van der Waals surface area contributed by atoms with E-state index in [0.29, 0.717) is 19.3 Å². The van der Waals surface area contributed by atoms with Gasteiger partial charge in [0.2, 0.25) is 0 Å². The summed E-state index contributed by atoms with van der Waals surface area (Å²) in [7, 11) is 5.54. The second kappa shape index (κ2) is 45.8. The van der Waals surface area contributed by atoms with Crippen LogP contribution in [0, 0.1) is 0 Å². The van der Waals surface area contributed by atoms with Crippen molar-refractivity contribution in [1.29, 1.82) is 0 Å². The van der Waals surface area contributed by atoms with Gasteiger partial charge in [-0.15, -0.1) is 0 Å². The van der Waals surface area contributed by atoms with Gasteiger partial charge in [-0.25, -0.2) is 4.79 Å². The zero-order chi connectivity index (χ0) is 46.3. The number of aliphatic carboxylic acids is 1. The molecular weight excluding hydrogens is 787 g/mol. The molecule has 0 aromatic carbocycles. The van der Waals surface area contributed by atoms with Crippen molar-refractivity contribution in [1.82, 2.24) is 0 Å². The van der Waals surface area contributed by atoms with Crippen molar-refractivity contribution in [3.8, 4) is 0 Å². The largest absolute Gasteiger partial charge is 0.477 e. The third-order valence-corrected chi connectivity index (χ3v) is 11.7. The SMILES string of the molecule is CC/C=C/C/C=C/C/C=C/CCCCCCCCCCCCCCCC(=O)OCC(COCCC(C(=O)O)[N+](C)(C)C)OC(=O)CCCCCCC/C=C/CCCCCCCCC. The van der Waals surface area contributed by atoms with Gasteiger partial charge in [0.1, 0.15) is 6.61 Å². The van der Waals surface area contributed by atoms with Crippen LogP contribution in [0.25, 0.3) is 0 Å². The van der Waals surface area contributed by atoms with E-state index in [0.717, 1.165) is 70.6 Å². The number of nitrogens with zero attached hydrogens (tertiary/aromatic N) is 1. The topological polar surface area (TPSA) is 99.1 Å². The third-order valence-electron chi connectivity index (χ3n) is 11.7. The van der Waals surface area contributed by atoms with Gasteiger partial charge in [0.15, 0.2) is 12.1 Å². The molecule has 0 saturated heterocycles. The Labute approximate surface area is 388 Å². The summed E-state index contributed by atoms with van der Waals surface area (Å²) in [5, 5.41) is 9.65. The van der Waals surface area contributed by atoms with Gasteiger partial charge in [-0.2, -0.15) is 0 Å². The van der Waals surface area contributed by atoms with Crippen LogP contribution in [0.2, 0.25) is 0 Å². The van der Waals surface area contributed by atoms with Crippen LogP contribution < -0.4 is 0 Å². The second-order valence-electron chi connectivity index (χ2n) is 18.7. The fraction of sp³-hybridized carbons (Fsp3) is 0.800. The van der Waals surface area contributed by atoms with E-state index >= 15 is 0 Å². The first-order valence-electron chi connectivity index (χ1n) is 26.2. The molecule has 0 fully saturated rings. The summed E-state index contributed by atoms with van der Waals surface area (Å²) in [6.07, 6.45) is 55.9. The molecule has 0 aliphatic rings. The molecule has 8 heteroatoms. The van der Waals surface area contributed by atoms with Gasteiger partial charge in [0, 0.05) is 19.3 Å². The molecule has 0 aliphatic carbocycles. The zero-order valence-corrected chi connectivity index (χ0v) is 41.8. The highest BCUT2D eigenvalue weighted by atomic mass is 16.6. The van der Waals surface area contributed by atoms with Gasteiger partial charge in [0.25, 0.3) is 0 Å². The third kappa shape index (κ3) is 44.3. The number of ether oxygens (including phenoxy) is 3. The number of carboxylic acid groups (broad SMARTS) is 1. The number of hydrogen-bond acceptors (Lipinski definition) is 6. The number of esters is 2. The van der Waals surface area contributed by atoms with Gasteiger partial charge in [0.05, 0.1) is 34.4 Å². The summed E-state index contributed by atoms with van der Waals surface area (Å²) < 4.78 is 17.4. The molecule has 2 atom stereocenters. The van der Waals surface area contributed by atoms with Crippen LogP contribution in [0.15, 0.2) is 48.6 Å². The number of likely N-dealkylation sites (N-methyl/N-ethyl adjacent to an activating group) is 1. The van der Waals surface area contributed by atoms with E-state index in [4.69, 9.17) is 14.2 Å². The molecule has 0 aromatic heterocycles. The van der Waals surface area contributed by atoms with Crippen molar-refractivity contribution >= 4 is 17.9 Å². The highest BCUT2D eigenvalue weighted by Crippen LogP contribution is 2.16. The Morgan fingerprint density at radius 2 is 0.889 bits per heavy atom. The van der Waals surface area contributed by atoms with Crippen LogP contribution in [-0.4, -0.2) is 80.6 Å². The molecule has 0 rings (SSSR count). The highest BCUT2D eigenvalue weighted by Gasteiger charge is 2.31. The molecule has 0 aliphatic heterocycles. The van der Waals surface area contributed by atoms with Crippen molar-refractivity contribution in [3.05, 3.63) is 48.6 Å². The van der Waals surface area contributed by atoms with Gasteiger partial charge < -0.3 is 23.8 Å². The monoisotopic (exact) mass is 887 g/mol. The average Bonchev–Trinajstić information content (AvgIpc) is 3.24. The number of carbonyl (C=O) groups is 3. The minimum Gasteiger partial charge on any atom is -0.477 e. The van der Waals surface area contributed by atoms with E-state index in [1.165, 1.54) is 128 Å². The number of carboxylic acids is 1. The van der Waals surface area contributed by atoms with Crippen LogP contribution in [0.5, 0.6) is 0 Å². The highest BCUT2D eigenvalue weighted by molar-refractivity contribution is 5.72. The van der Waals surface area contributed by atoms with E-state index in [1.54, 1.807) is 0 Å². The average molecular weight is 887 g/mol. The molecular formula is C55H100NO7+. The van der Waals surface area contributed by atoms with Crippen molar-refractivity contribution in [2.24, 2.45) is 0 Å². The molecule has 8 nitrogen and oxygen atoms in total. The van der Waals surface area contributed by atoms with Crippen molar-refractivity contribution in [2.45, 2.75) is 244 Å². The maximum atomic E-state index is 12.8. The lowest BCUT2D eigenvalue weighted by Gasteiger charge is -2.31. The maximum Gasteiger partial charge on any atom is 0.362 e. The number of carbonyl (C=O) groups excluding carboxylic acids is 2. The molecule has 0 amide bonds. The molecule has 1 N–H and O–H groups in total. The molecule has 366 valence electrons. The van der Waals surface area contributed by atoms with Gasteiger partial charge >= 0.3 is 17.9 Å². The lowest BCUT2D eigenvalue weighted by Crippen LogP contribution is -2.50. The van der Waals surface area contributed by atoms with Crippen LogP contribution in [0.3, 0.4) is 0 Å². The van der Waals surface area contributed by atoms with Crippen LogP contribution in [0.1, 0.15) is 232 Å². The first-order valence-corrected chi connectivity index (χ1v) is 26.2. The first kappa shape index (κ1) is 60.3. The van der Waals surface area contributed by atoms with Crippen molar-refractivity contribution in [3.63, 3.8) is 0 Å². The summed E-state index contributed by atoms with van der Waals surface area (Å²) in [5.74, 6) is -1.47. The molecule has 2 unspecified atom stereocenters. The number of rotatable bonds is 47. The zero-order valence-electron chi connectivity index (χ0n) is 41.8. The number of quaternary nitrogens is 1. The predicted octanol–water partition coefficient (Wildman–Crippen LogP) is 15.1. The van der Waals surface area contributed by atoms with E-state index in [9.17, 15) is 19.5 Å². The summed E-state index contributed by atoms with van der Waals surface area (Å²) in [6.45, 7) is 4.64. The Bertz CT molecular complexity index is 1170.